The number of imidazole rings is 1. The third-order valence-electron chi connectivity index (χ3n) is 4.90. The Labute approximate surface area is 141 Å². The van der Waals surface area contributed by atoms with Crippen LogP contribution in [0.5, 0.6) is 0 Å². The molecule has 0 bridgehead atoms. The molecule has 2 aromatic carbocycles. The largest absolute Gasteiger partial charge is 0.326 e. The Balaban J connectivity index is 1.99. The monoisotopic (exact) mass is 319 g/mol. The first-order valence-electron chi connectivity index (χ1n) is 8.26. The molecule has 4 rings (SSSR count). The number of aromatic nitrogens is 2. The minimum atomic E-state index is -0.178. The first-order valence-corrected chi connectivity index (χ1v) is 8.26. The normalized spacial score (nSPS) is 16.1. The Morgan fingerprint density at radius 3 is 2.71 bits per heavy atom. The highest BCUT2D eigenvalue weighted by molar-refractivity contribution is 5.96. The number of anilines is 1. The van der Waals surface area contributed by atoms with E-state index in [0.717, 1.165) is 33.8 Å². The van der Waals surface area contributed by atoms with Gasteiger partial charge in [0.05, 0.1) is 11.0 Å². The fraction of sp³-hybridized carbons (Fsp3) is 0.300. The number of hydrogen-bond donors (Lipinski definition) is 1. The van der Waals surface area contributed by atoms with E-state index in [1.54, 1.807) is 0 Å². The number of aryl methyl sites for hydroxylation is 2. The predicted octanol–water partition coefficient (Wildman–Crippen LogP) is 4.26. The van der Waals surface area contributed by atoms with Gasteiger partial charge >= 0.3 is 0 Å². The van der Waals surface area contributed by atoms with Crippen LogP contribution in [-0.4, -0.2) is 15.5 Å². The Hall–Kier alpha value is -2.62. The molecule has 0 atom stereocenters. The molecule has 2 heterocycles. The summed E-state index contributed by atoms with van der Waals surface area (Å²) in [6.45, 7) is 8.35. The van der Waals surface area contributed by atoms with Crippen molar-refractivity contribution >= 4 is 22.6 Å². The van der Waals surface area contributed by atoms with Crippen LogP contribution in [0.3, 0.4) is 0 Å². The van der Waals surface area contributed by atoms with Crippen molar-refractivity contribution in [2.75, 3.05) is 5.32 Å². The van der Waals surface area contributed by atoms with Crippen LogP contribution in [0.15, 0.2) is 36.4 Å². The van der Waals surface area contributed by atoms with Crippen LogP contribution in [0.2, 0.25) is 0 Å². The molecule has 1 amide bonds. The highest BCUT2D eigenvalue weighted by atomic mass is 16.1. The maximum atomic E-state index is 12.0. The summed E-state index contributed by atoms with van der Waals surface area (Å²) in [5.74, 6) is 1.06. The quantitative estimate of drug-likeness (QED) is 0.728. The van der Waals surface area contributed by atoms with Gasteiger partial charge in [0.1, 0.15) is 5.82 Å². The topological polar surface area (TPSA) is 46.9 Å². The number of benzene rings is 2. The SMILES string of the molecule is Cc1cc(-n2c(C)nc3ccccc32)cc2c1NC(=O)CC2(C)C. The van der Waals surface area contributed by atoms with Crippen LogP contribution in [0.25, 0.3) is 16.7 Å². The Morgan fingerprint density at radius 2 is 1.92 bits per heavy atom. The predicted molar refractivity (Wildman–Crippen MR) is 96.8 cm³/mol. The summed E-state index contributed by atoms with van der Waals surface area (Å²) >= 11 is 0. The number of fused-ring (bicyclic) bond motifs is 2. The van der Waals surface area contributed by atoms with Crippen molar-refractivity contribution in [1.82, 2.24) is 9.55 Å². The van der Waals surface area contributed by atoms with Gasteiger partial charge in [0.25, 0.3) is 0 Å². The number of hydrogen-bond acceptors (Lipinski definition) is 2. The molecule has 0 saturated heterocycles. The summed E-state index contributed by atoms with van der Waals surface area (Å²) in [6, 6.07) is 12.5. The first-order chi connectivity index (χ1) is 11.4. The molecule has 0 unspecified atom stereocenters. The minimum Gasteiger partial charge on any atom is -0.326 e. The van der Waals surface area contributed by atoms with Crippen LogP contribution in [0, 0.1) is 13.8 Å². The molecule has 0 radical (unpaired) electrons. The highest BCUT2D eigenvalue weighted by Crippen LogP contribution is 2.40. The molecule has 4 nitrogen and oxygen atoms in total. The van der Waals surface area contributed by atoms with E-state index in [0.29, 0.717) is 6.42 Å². The summed E-state index contributed by atoms with van der Waals surface area (Å²) in [4.78, 5) is 16.7. The summed E-state index contributed by atoms with van der Waals surface area (Å²) in [7, 11) is 0. The van der Waals surface area contributed by atoms with Gasteiger partial charge in [0.15, 0.2) is 0 Å². The van der Waals surface area contributed by atoms with E-state index in [1.165, 1.54) is 5.56 Å². The number of amides is 1. The second-order valence-corrected chi connectivity index (χ2v) is 7.28. The molecule has 1 aromatic heterocycles. The molecule has 122 valence electrons. The zero-order chi connectivity index (χ0) is 17.1. The fourth-order valence-electron chi connectivity index (χ4n) is 3.75. The molecule has 4 heteroatoms. The van der Waals surface area contributed by atoms with Crippen molar-refractivity contribution in [3.8, 4) is 5.69 Å². The van der Waals surface area contributed by atoms with Gasteiger partial charge in [-0.2, -0.15) is 0 Å². The third kappa shape index (κ3) is 2.13. The van der Waals surface area contributed by atoms with Gasteiger partial charge in [-0.3, -0.25) is 9.36 Å². The third-order valence-corrected chi connectivity index (χ3v) is 4.90. The van der Waals surface area contributed by atoms with E-state index in [2.05, 4.69) is 53.8 Å². The highest BCUT2D eigenvalue weighted by Gasteiger charge is 2.33. The Bertz CT molecular complexity index is 982. The second-order valence-electron chi connectivity index (χ2n) is 7.28. The number of rotatable bonds is 1. The second kappa shape index (κ2) is 4.94. The summed E-state index contributed by atoms with van der Waals surface area (Å²) in [5.41, 5.74) is 6.26. The number of nitrogens with one attached hydrogen (secondary N) is 1. The summed E-state index contributed by atoms with van der Waals surface area (Å²) in [5, 5.41) is 3.04. The van der Waals surface area contributed by atoms with Gasteiger partial charge in [0.2, 0.25) is 5.91 Å². The van der Waals surface area contributed by atoms with E-state index in [1.807, 2.05) is 25.1 Å². The zero-order valence-electron chi connectivity index (χ0n) is 14.5. The number of nitrogens with zero attached hydrogens (tertiary/aromatic N) is 2. The lowest BCUT2D eigenvalue weighted by Crippen LogP contribution is -2.33. The van der Waals surface area contributed by atoms with E-state index in [9.17, 15) is 4.79 Å². The minimum absolute atomic E-state index is 0.0904. The molecular formula is C20H21N3O. The Morgan fingerprint density at radius 1 is 1.17 bits per heavy atom. The van der Waals surface area contributed by atoms with Gasteiger partial charge in [0, 0.05) is 23.2 Å². The van der Waals surface area contributed by atoms with E-state index in [4.69, 9.17) is 0 Å². The lowest BCUT2D eigenvalue weighted by molar-refractivity contribution is -0.117. The van der Waals surface area contributed by atoms with Crippen molar-refractivity contribution in [1.29, 1.82) is 0 Å². The van der Waals surface area contributed by atoms with E-state index in [-0.39, 0.29) is 11.3 Å². The first kappa shape index (κ1) is 14.9. The van der Waals surface area contributed by atoms with Crippen molar-refractivity contribution in [3.05, 3.63) is 53.3 Å². The summed E-state index contributed by atoms with van der Waals surface area (Å²) in [6.07, 6.45) is 0.506. The van der Waals surface area contributed by atoms with Gasteiger partial charge in [-0.25, -0.2) is 4.98 Å². The maximum absolute atomic E-state index is 12.0. The van der Waals surface area contributed by atoms with Crippen molar-refractivity contribution < 1.29 is 4.79 Å². The fourth-order valence-corrected chi connectivity index (χ4v) is 3.75. The average molecular weight is 319 g/mol. The van der Waals surface area contributed by atoms with Crippen molar-refractivity contribution in [2.24, 2.45) is 0 Å². The van der Waals surface area contributed by atoms with Crippen molar-refractivity contribution in [2.45, 2.75) is 39.5 Å². The molecule has 1 N–H and O–H groups in total. The molecule has 0 aliphatic carbocycles. The zero-order valence-corrected chi connectivity index (χ0v) is 14.5. The number of carbonyl (C=O) groups excluding carboxylic acids is 1. The van der Waals surface area contributed by atoms with Gasteiger partial charge < -0.3 is 5.32 Å². The molecule has 0 fully saturated rings. The number of para-hydroxylation sites is 2. The molecule has 0 spiro atoms. The summed E-state index contributed by atoms with van der Waals surface area (Å²) < 4.78 is 2.19. The molecule has 1 aliphatic heterocycles. The molecule has 0 saturated carbocycles. The lowest BCUT2D eigenvalue weighted by atomic mass is 9.77. The van der Waals surface area contributed by atoms with Crippen LogP contribution >= 0.6 is 0 Å². The standard InChI is InChI=1S/C20H21N3O/c1-12-9-14(10-15-19(12)22-18(24)11-20(15,3)4)23-13(2)21-16-7-5-6-8-17(16)23/h5-10H,11H2,1-4H3,(H,22,24). The van der Waals surface area contributed by atoms with Gasteiger partial charge in [-0.05, 0) is 49.2 Å². The average Bonchev–Trinajstić information content (AvgIpc) is 2.83. The van der Waals surface area contributed by atoms with Crippen LogP contribution in [0.1, 0.15) is 37.2 Å². The van der Waals surface area contributed by atoms with Gasteiger partial charge in [-0.15, -0.1) is 0 Å². The van der Waals surface area contributed by atoms with E-state index >= 15 is 0 Å². The van der Waals surface area contributed by atoms with Crippen LogP contribution in [0.4, 0.5) is 5.69 Å². The molecule has 24 heavy (non-hydrogen) atoms. The molecule has 3 aromatic rings. The lowest BCUT2D eigenvalue weighted by Gasteiger charge is -2.33. The maximum Gasteiger partial charge on any atom is 0.225 e. The van der Waals surface area contributed by atoms with Crippen LogP contribution in [-0.2, 0) is 10.2 Å². The molecule has 1 aliphatic rings. The smallest absolute Gasteiger partial charge is 0.225 e. The van der Waals surface area contributed by atoms with Gasteiger partial charge in [-0.1, -0.05) is 26.0 Å². The number of carbonyl (C=O) groups is 1. The van der Waals surface area contributed by atoms with Crippen molar-refractivity contribution in [3.63, 3.8) is 0 Å². The Kier molecular flexibility index (Phi) is 3.07. The molecular weight excluding hydrogens is 298 g/mol. The van der Waals surface area contributed by atoms with E-state index < -0.39 is 0 Å². The van der Waals surface area contributed by atoms with Crippen LogP contribution < -0.4 is 5.32 Å².